The first-order valence-corrected chi connectivity index (χ1v) is 10.7. The van der Waals surface area contributed by atoms with Crippen molar-refractivity contribution < 1.29 is 22.6 Å². The van der Waals surface area contributed by atoms with E-state index in [2.05, 4.69) is 0 Å². The van der Waals surface area contributed by atoms with E-state index in [0.29, 0.717) is 46.8 Å². The average molecular weight is 417 g/mol. The maximum atomic E-state index is 13.0. The van der Waals surface area contributed by atoms with Gasteiger partial charge in [0.25, 0.3) is 0 Å². The Morgan fingerprint density at radius 3 is 2.43 bits per heavy atom. The van der Waals surface area contributed by atoms with Gasteiger partial charge in [0.2, 0.25) is 0 Å². The number of para-hydroxylation sites is 1. The third kappa shape index (κ3) is 4.08. The molecule has 0 amide bonds. The van der Waals surface area contributed by atoms with Crippen LogP contribution in [0.1, 0.15) is 5.56 Å². The van der Waals surface area contributed by atoms with E-state index < -0.39 is 9.84 Å². The first-order chi connectivity index (χ1) is 13.5. The summed E-state index contributed by atoms with van der Waals surface area (Å²) in [6, 6.07) is 18.7. The van der Waals surface area contributed by atoms with Crippen molar-refractivity contribution in [3.8, 4) is 23.0 Å². The Kier molecular flexibility index (Phi) is 5.15. The van der Waals surface area contributed by atoms with Crippen LogP contribution in [0.4, 0.5) is 0 Å². The summed E-state index contributed by atoms with van der Waals surface area (Å²) < 4.78 is 42.8. The molecule has 0 N–H and O–H groups in total. The number of hydrogen-bond acceptors (Lipinski definition) is 5. The molecule has 0 saturated heterocycles. The molecule has 144 valence electrons. The van der Waals surface area contributed by atoms with Crippen LogP contribution >= 0.6 is 11.6 Å². The summed E-state index contributed by atoms with van der Waals surface area (Å²) in [6.07, 6.45) is 0. The Morgan fingerprint density at radius 1 is 0.893 bits per heavy atom. The van der Waals surface area contributed by atoms with Crippen molar-refractivity contribution in [2.45, 2.75) is 10.6 Å². The summed E-state index contributed by atoms with van der Waals surface area (Å²) in [5.41, 5.74) is 0.478. The van der Waals surface area contributed by atoms with Gasteiger partial charge in [-0.15, -0.1) is 0 Å². The maximum Gasteiger partial charge on any atom is 0.182 e. The molecule has 1 heterocycles. The molecule has 1 aliphatic rings. The van der Waals surface area contributed by atoms with Crippen molar-refractivity contribution in [3.05, 3.63) is 77.3 Å². The Balaban J connectivity index is 1.65. The molecule has 7 heteroatoms. The van der Waals surface area contributed by atoms with Crippen LogP contribution in [0, 0.1) is 0 Å². The van der Waals surface area contributed by atoms with Gasteiger partial charge >= 0.3 is 0 Å². The number of halogens is 1. The first kappa shape index (κ1) is 18.7. The van der Waals surface area contributed by atoms with Crippen LogP contribution < -0.4 is 14.2 Å². The molecule has 0 radical (unpaired) electrons. The summed E-state index contributed by atoms with van der Waals surface area (Å²) in [4.78, 5) is 0.155. The van der Waals surface area contributed by atoms with E-state index in [-0.39, 0.29) is 10.6 Å². The minimum atomic E-state index is -3.65. The summed E-state index contributed by atoms with van der Waals surface area (Å²) in [5.74, 6) is 1.77. The highest BCUT2D eigenvalue weighted by Gasteiger charge is 2.22. The smallest absolute Gasteiger partial charge is 0.182 e. The second-order valence-electron chi connectivity index (χ2n) is 6.23. The van der Waals surface area contributed by atoms with Crippen molar-refractivity contribution in [1.29, 1.82) is 0 Å². The number of benzene rings is 3. The molecule has 0 saturated carbocycles. The molecule has 0 bridgehead atoms. The molecule has 1 aliphatic heterocycles. The molecular formula is C21H17ClO5S. The number of ether oxygens (including phenoxy) is 3. The van der Waals surface area contributed by atoms with Crippen molar-refractivity contribution in [3.63, 3.8) is 0 Å². The first-order valence-electron chi connectivity index (χ1n) is 8.65. The van der Waals surface area contributed by atoms with Crippen molar-refractivity contribution in [2.24, 2.45) is 0 Å². The standard InChI is InChI=1S/C21H17ClO5S/c22-16-6-8-19(27-17-4-2-1-3-5-17)15(12-16)14-28(23,24)18-7-9-20-21(13-18)26-11-10-25-20/h1-9,12-13H,10-11,14H2. The zero-order valence-corrected chi connectivity index (χ0v) is 16.4. The summed E-state index contributed by atoms with van der Waals surface area (Å²) >= 11 is 6.10. The molecule has 4 rings (SSSR count). The van der Waals surface area contributed by atoms with Gasteiger partial charge in [-0.2, -0.15) is 0 Å². The zero-order valence-electron chi connectivity index (χ0n) is 14.8. The lowest BCUT2D eigenvalue weighted by atomic mass is 10.2. The van der Waals surface area contributed by atoms with E-state index in [1.807, 2.05) is 18.2 Å². The second-order valence-corrected chi connectivity index (χ2v) is 8.66. The zero-order chi connectivity index (χ0) is 19.6. The van der Waals surface area contributed by atoms with Gasteiger partial charge in [-0.05, 0) is 42.5 Å². The van der Waals surface area contributed by atoms with Gasteiger partial charge in [0.15, 0.2) is 21.3 Å². The summed E-state index contributed by atoms with van der Waals surface area (Å²) in [7, 11) is -3.65. The van der Waals surface area contributed by atoms with E-state index in [4.69, 9.17) is 25.8 Å². The van der Waals surface area contributed by atoms with Gasteiger partial charge in [-0.3, -0.25) is 0 Å². The minimum absolute atomic E-state index is 0.155. The Labute approximate surface area is 168 Å². The Morgan fingerprint density at radius 2 is 1.64 bits per heavy atom. The molecule has 0 aromatic heterocycles. The quantitative estimate of drug-likeness (QED) is 0.593. The van der Waals surface area contributed by atoms with Gasteiger partial charge < -0.3 is 14.2 Å². The predicted molar refractivity (Wildman–Crippen MR) is 106 cm³/mol. The highest BCUT2D eigenvalue weighted by molar-refractivity contribution is 7.90. The molecular weight excluding hydrogens is 400 g/mol. The monoisotopic (exact) mass is 416 g/mol. The van der Waals surface area contributed by atoms with Gasteiger partial charge in [-0.25, -0.2) is 8.42 Å². The summed E-state index contributed by atoms with van der Waals surface area (Å²) in [6.45, 7) is 0.835. The normalized spacial score (nSPS) is 13.2. The number of rotatable bonds is 5. The van der Waals surface area contributed by atoms with E-state index >= 15 is 0 Å². The van der Waals surface area contributed by atoms with E-state index in [0.717, 1.165) is 0 Å². The van der Waals surface area contributed by atoms with Crippen molar-refractivity contribution in [2.75, 3.05) is 13.2 Å². The molecule has 3 aromatic rings. The van der Waals surface area contributed by atoms with Crippen LogP contribution in [-0.4, -0.2) is 21.6 Å². The topological polar surface area (TPSA) is 61.8 Å². The summed E-state index contributed by atoms with van der Waals surface area (Å²) in [5, 5.41) is 0.438. The lowest BCUT2D eigenvalue weighted by Gasteiger charge is -2.19. The highest BCUT2D eigenvalue weighted by atomic mass is 35.5. The van der Waals surface area contributed by atoms with Gasteiger partial charge in [0, 0.05) is 16.7 Å². The minimum Gasteiger partial charge on any atom is -0.486 e. The lowest BCUT2D eigenvalue weighted by Crippen LogP contribution is -2.16. The van der Waals surface area contributed by atoms with Gasteiger partial charge in [0.1, 0.15) is 24.7 Å². The number of fused-ring (bicyclic) bond motifs is 1. The van der Waals surface area contributed by atoms with E-state index in [1.165, 1.54) is 12.1 Å². The molecule has 0 fully saturated rings. The molecule has 5 nitrogen and oxygen atoms in total. The highest BCUT2D eigenvalue weighted by Crippen LogP contribution is 2.35. The Hall–Kier alpha value is -2.70. The maximum absolute atomic E-state index is 13.0. The number of hydrogen-bond donors (Lipinski definition) is 0. The molecule has 0 spiro atoms. The van der Waals surface area contributed by atoms with E-state index in [9.17, 15) is 8.42 Å². The third-order valence-electron chi connectivity index (χ3n) is 4.21. The fourth-order valence-corrected chi connectivity index (χ4v) is 4.44. The van der Waals surface area contributed by atoms with Crippen LogP contribution in [0.2, 0.25) is 5.02 Å². The largest absolute Gasteiger partial charge is 0.486 e. The van der Waals surface area contributed by atoms with Gasteiger partial charge in [-0.1, -0.05) is 29.8 Å². The van der Waals surface area contributed by atoms with Crippen LogP contribution in [0.25, 0.3) is 0 Å². The van der Waals surface area contributed by atoms with Crippen LogP contribution in [0.5, 0.6) is 23.0 Å². The fraction of sp³-hybridized carbons (Fsp3) is 0.143. The SMILES string of the molecule is O=S(=O)(Cc1cc(Cl)ccc1Oc1ccccc1)c1ccc2c(c1)OCCO2. The second kappa shape index (κ2) is 7.73. The predicted octanol–water partition coefficient (Wildman–Crippen LogP) is 4.88. The third-order valence-corrected chi connectivity index (χ3v) is 6.11. The Bertz CT molecular complexity index is 1100. The average Bonchev–Trinajstić information content (AvgIpc) is 2.70. The van der Waals surface area contributed by atoms with Crippen LogP contribution in [-0.2, 0) is 15.6 Å². The molecule has 0 atom stereocenters. The van der Waals surface area contributed by atoms with Gasteiger partial charge in [0.05, 0.1) is 10.6 Å². The number of sulfone groups is 1. The molecule has 0 aliphatic carbocycles. The van der Waals surface area contributed by atoms with Crippen molar-refractivity contribution in [1.82, 2.24) is 0 Å². The lowest BCUT2D eigenvalue weighted by molar-refractivity contribution is 0.171. The van der Waals surface area contributed by atoms with Crippen LogP contribution in [0.15, 0.2) is 71.6 Å². The van der Waals surface area contributed by atoms with E-state index in [1.54, 1.807) is 36.4 Å². The van der Waals surface area contributed by atoms with Crippen LogP contribution in [0.3, 0.4) is 0 Å². The molecule has 0 unspecified atom stereocenters. The van der Waals surface area contributed by atoms with Crippen molar-refractivity contribution >= 4 is 21.4 Å². The molecule has 3 aromatic carbocycles. The fourth-order valence-electron chi connectivity index (χ4n) is 2.88. The molecule has 28 heavy (non-hydrogen) atoms.